The number of halogens is 1. The molecule has 0 N–H and O–H groups in total. The number of amides is 1. The Labute approximate surface area is 280 Å². The lowest BCUT2D eigenvalue weighted by Crippen LogP contribution is -2.40. The van der Waals surface area contributed by atoms with Crippen LogP contribution in [0.1, 0.15) is 102 Å². The average Bonchev–Trinajstić information content (AvgIpc) is 3.08. The lowest BCUT2D eigenvalue weighted by Gasteiger charge is -2.31. The highest BCUT2D eigenvalue weighted by Gasteiger charge is 2.27. The van der Waals surface area contributed by atoms with Gasteiger partial charge >= 0.3 is 0 Å². The number of aromatic nitrogens is 2. The molecule has 0 bridgehead atoms. The lowest BCUT2D eigenvalue weighted by molar-refractivity contribution is -0.133. The van der Waals surface area contributed by atoms with Crippen LogP contribution in [0.2, 0.25) is 0 Å². The van der Waals surface area contributed by atoms with E-state index in [2.05, 4.69) is 18.8 Å². The Hall–Kier alpha value is -4.28. The van der Waals surface area contributed by atoms with E-state index in [-0.39, 0.29) is 11.5 Å². The third-order valence-corrected chi connectivity index (χ3v) is 8.05. The highest BCUT2D eigenvalue weighted by Crippen LogP contribution is 2.25. The zero-order valence-electron chi connectivity index (χ0n) is 29.1. The Balaban J connectivity index is 0.00000294. The number of carbonyl (C=O) groups excluding carboxylic acids is 1. The molecule has 0 spiro atoms. The predicted octanol–water partition coefficient (Wildman–Crippen LogP) is 8.54. The molecule has 3 aromatic carbocycles. The Morgan fingerprint density at radius 2 is 1.49 bits per heavy atom. The third-order valence-electron chi connectivity index (χ3n) is 8.05. The average molecular weight is 639 g/mol. The second kappa shape index (κ2) is 19.4. The predicted molar refractivity (Wildman–Crippen MR) is 192 cm³/mol. The molecule has 0 fully saturated rings. The van der Waals surface area contributed by atoms with Gasteiger partial charge in [-0.3, -0.25) is 14.2 Å². The van der Waals surface area contributed by atoms with Gasteiger partial charge in [-0.25, -0.2) is 9.37 Å². The van der Waals surface area contributed by atoms with E-state index in [9.17, 15) is 14.0 Å². The fourth-order valence-corrected chi connectivity index (χ4v) is 5.42. The number of hydrogen-bond donors (Lipinski definition) is 0. The van der Waals surface area contributed by atoms with Crippen LogP contribution in [0.15, 0.2) is 77.6 Å². The number of likely N-dealkylation sites (N-methyl/N-ethyl adjacent to an activating group) is 1. The molecule has 0 aliphatic rings. The molecule has 4 aromatic rings. The fraction of sp³-hybridized carbons (Fsp3) is 0.425. The molecule has 1 unspecified atom stereocenters. The Bertz CT molecular complexity index is 1670. The summed E-state index contributed by atoms with van der Waals surface area (Å²) in [6.45, 7) is 9.30. The first-order valence-electron chi connectivity index (χ1n) is 17.1. The molecular weight excluding hydrogens is 587 g/mol. The van der Waals surface area contributed by atoms with Gasteiger partial charge in [-0.1, -0.05) is 89.3 Å². The minimum absolute atomic E-state index is 0.0458. The molecule has 0 saturated carbocycles. The first kappa shape index (κ1) is 37.2. The smallest absolute Gasteiger partial charge is 0.266 e. The monoisotopic (exact) mass is 638 g/mol. The number of nitrogens with zero attached hydrogens (tertiary/aromatic N) is 4. The summed E-state index contributed by atoms with van der Waals surface area (Å²) < 4.78 is 15.5. The van der Waals surface area contributed by atoms with Crippen molar-refractivity contribution in [3.05, 3.63) is 106 Å². The summed E-state index contributed by atoms with van der Waals surface area (Å²) in [5, 5.41) is 0.407. The standard InChI is InChI=1S/C38H45FN4O2.C2H6/c1-5-6-7-8-9-10-14-17-36(44)42(27-26-41(3)4)29(2)37-40-35-25-20-31(19-18-30-15-12-11-13-16-30)28-34(35)38(45)43(37)33-23-21-32(39)22-24-33;1-2/h11-13,15-16,20-25,28-29H,5-10,14,17,26-27H2,1-4H3;1-2H3. The highest BCUT2D eigenvalue weighted by atomic mass is 19.1. The molecule has 1 atom stereocenters. The Morgan fingerprint density at radius 1 is 0.851 bits per heavy atom. The minimum Gasteiger partial charge on any atom is -0.331 e. The number of unbranched alkanes of at least 4 members (excludes halogenated alkanes) is 6. The molecular formula is C40H51FN4O2. The molecule has 0 saturated heterocycles. The van der Waals surface area contributed by atoms with E-state index in [1.807, 2.05) is 87.1 Å². The van der Waals surface area contributed by atoms with Crippen molar-refractivity contribution in [2.24, 2.45) is 0 Å². The van der Waals surface area contributed by atoms with Gasteiger partial charge in [0.2, 0.25) is 5.91 Å². The van der Waals surface area contributed by atoms with Gasteiger partial charge in [0.1, 0.15) is 11.6 Å². The van der Waals surface area contributed by atoms with Crippen molar-refractivity contribution in [1.29, 1.82) is 0 Å². The molecule has 47 heavy (non-hydrogen) atoms. The summed E-state index contributed by atoms with van der Waals surface area (Å²) in [5.74, 6) is 6.38. The highest BCUT2D eigenvalue weighted by molar-refractivity contribution is 5.80. The van der Waals surface area contributed by atoms with E-state index in [0.717, 1.165) is 24.8 Å². The number of benzene rings is 3. The SMILES string of the molecule is CC.CCCCCCCCCC(=O)N(CCN(C)C)C(C)c1nc2ccc(C#Cc3ccccc3)cc2c(=O)n1-c1ccc(F)cc1. The van der Waals surface area contributed by atoms with Crippen LogP contribution in [0.25, 0.3) is 16.6 Å². The van der Waals surface area contributed by atoms with Gasteiger partial charge < -0.3 is 9.80 Å². The van der Waals surface area contributed by atoms with Crippen LogP contribution in [-0.4, -0.2) is 52.4 Å². The van der Waals surface area contributed by atoms with Crippen molar-refractivity contribution in [3.8, 4) is 17.5 Å². The molecule has 1 amide bonds. The third kappa shape index (κ3) is 10.9. The topological polar surface area (TPSA) is 58.4 Å². The Kier molecular flexibility index (Phi) is 15.3. The van der Waals surface area contributed by atoms with Crippen molar-refractivity contribution >= 4 is 16.8 Å². The van der Waals surface area contributed by atoms with Crippen LogP contribution >= 0.6 is 0 Å². The van der Waals surface area contributed by atoms with Gasteiger partial charge in [0.05, 0.1) is 22.6 Å². The number of fused-ring (bicyclic) bond motifs is 1. The van der Waals surface area contributed by atoms with Crippen molar-refractivity contribution in [1.82, 2.24) is 19.4 Å². The van der Waals surface area contributed by atoms with E-state index in [4.69, 9.17) is 4.98 Å². The molecule has 0 aliphatic heterocycles. The zero-order valence-corrected chi connectivity index (χ0v) is 29.1. The molecule has 1 heterocycles. The van der Waals surface area contributed by atoms with E-state index >= 15 is 0 Å². The summed E-state index contributed by atoms with van der Waals surface area (Å²) in [5.41, 5.74) is 2.30. The van der Waals surface area contributed by atoms with E-state index < -0.39 is 11.9 Å². The molecule has 1 aromatic heterocycles. The van der Waals surface area contributed by atoms with Crippen molar-refractivity contribution in [3.63, 3.8) is 0 Å². The van der Waals surface area contributed by atoms with E-state index in [1.165, 1.54) is 42.4 Å². The summed E-state index contributed by atoms with van der Waals surface area (Å²) in [4.78, 5) is 36.8. The van der Waals surface area contributed by atoms with Crippen molar-refractivity contribution in [2.75, 3.05) is 27.2 Å². The second-order valence-corrected chi connectivity index (χ2v) is 11.9. The van der Waals surface area contributed by atoms with Crippen molar-refractivity contribution in [2.45, 2.75) is 85.1 Å². The quantitative estimate of drug-likeness (QED) is 0.103. The maximum absolute atomic E-state index is 14.2. The van der Waals surface area contributed by atoms with Gasteiger partial charge in [-0.15, -0.1) is 0 Å². The van der Waals surface area contributed by atoms with Gasteiger partial charge in [-0.05, 0) is 82.0 Å². The van der Waals surface area contributed by atoms with Crippen LogP contribution in [0, 0.1) is 17.7 Å². The number of carbonyl (C=O) groups is 1. The summed E-state index contributed by atoms with van der Waals surface area (Å²) in [6, 6.07) is 20.4. The van der Waals surface area contributed by atoms with Gasteiger partial charge in [0.15, 0.2) is 0 Å². The van der Waals surface area contributed by atoms with E-state index in [1.54, 1.807) is 18.2 Å². The van der Waals surface area contributed by atoms with Crippen molar-refractivity contribution < 1.29 is 9.18 Å². The maximum atomic E-state index is 14.2. The molecule has 0 radical (unpaired) electrons. The van der Waals surface area contributed by atoms with Crippen LogP contribution in [0.3, 0.4) is 0 Å². The van der Waals surface area contributed by atoms with Gasteiger partial charge in [0, 0.05) is 30.6 Å². The van der Waals surface area contributed by atoms with Crippen LogP contribution in [-0.2, 0) is 4.79 Å². The summed E-state index contributed by atoms with van der Waals surface area (Å²) in [6.07, 6.45) is 8.35. The lowest BCUT2D eigenvalue weighted by atomic mass is 10.1. The van der Waals surface area contributed by atoms with Crippen LogP contribution in [0.5, 0.6) is 0 Å². The Morgan fingerprint density at radius 3 is 2.15 bits per heavy atom. The van der Waals surface area contributed by atoms with Gasteiger partial charge in [-0.2, -0.15) is 0 Å². The summed E-state index contributed by atoms with van der Waals surface area (Å²) in [7, 11) is 3.95. The number of rotatable bonds is 14. The molecule has 4 rings (SSSR count). The zero-order chi connectivity index (χ0) is 34.2. The molecule has 250 valence electrons. The second-order valence-electron chi connectivity index (χ2n) is 11.9. The first-order chi connectivity index (χ1) is 22.8. The van der Waals surface area contributed by atoms with Gasteiger partial charge in [0.25, 0.3) is 5.56 Å². The fourth-order valence-electron chi connectivity index (χ4n) is 5.42. The maximum Gasteiger partial charge on any atom is 0.266 e. The minimum atomic E-state index is -0.498. The summed E-state index contributed by atoms with van der Waals surface area (Å²) >= 11 is 0. The molecule has 6 nitrogen and oxygen atoms in total. The van der Waals surface area contributed by atoms with Crippen LogP contribution in [0.4, 0.5) is 4.39 Å². The van der Waals surface area contributed by atoms with Crippen LogP contribution < -0.4 is 5.56 Å². The normalized spacial score (nSPS) is 11.4. The molecule has 7 heteroatoms. The first-order valence-corrected chi connectivity index (χ1v) is 17.1. The molecule has 0 aliphatic carbocycles. The van der Waals surface area contributed by atoms with E-state index in [0.29, 0.717) is 47.5 Å². The largest absolute Gasteiger partial charge is 0.331 e. The number of hydrogen-bond acceptors (Lipinski definition) is 4.